The Labute approximate surface area is 149 Å². The van der Waals surface area contributed by atoms with E-state index in [-0.39, 0.29) is 0 Å². The normalized spacial score (nSPS) is 19.1. The number of hydrogen-bond donors (Lipinski definition) is 1. The van der Waals surface area contributed by atoms with Gasteiger partial charge < -0.3 is 10.1 Å². The molecule has 132 valence electrons. The van der Waals surface area contributed by atoms with Crippen molar-refractivity contribution in [2.45, 2.75) is 26.3 Å². The number of aromatic nitrogens is 2. The number of ether oxygens (including phenoxy) is 1. The van der Waals surface area contributed by atoms with E-state index in [1.165, 1.54) is 24.1 Å². The zero-order chi connectivity index (χ0) is 17.1. The summed E-state index contributed by atoms with van der Waals surface area (Å²) in [6, 6.07) is 6.29. The summed E-state index contributed by atoms with van der Waals surface area (Å²) < 4.78 is 5.49. The second-order valence-corrected chi connectivity index (χ2v) is 7.13. The summed E-state index contributed by atoms with van der Waals surface area (Å²) in [4.78, 5) is 11.5. The molecule has 0 aliphatic carbocycles. The lowest BCUT2D eigenvalue weighted by Gasteiger charge is -2.28. The van der Waals surface area contributed by atoms with Crippen molar-refractivity contribution in [1.29, 1.82) is 0 Å². The van der Waals surface area contributed by atoms with Gasteiger partial charge in [-0.1, -0.05) is 0 Å². The van der Waals surface area contributed by atoms with Crippen LogP contribution >= 0.6 is 0 Å². The number of aryl methyl sites for hydroxylation is 1. The van der Waals surface area contributed by atoms with Crippen LogP contribution in [0.15, 0.2) is 30.6 Å². The molecule has 2 aromatic rings. The minimum atomic E-state index is 0.766. The number of fused-ring (bicyclic) bond motifs is 1. The number of nitrogens with one attached hydrogen (secondary N) is 1. The van der Waals surface area contributed by atoms with E-state index >= 15 is 0 Å². The van der Waals surface area contributed by atoms with Crippen LogP contribution in [0.2, 0.25) is 0 Å². The van der Waals surface area contributed by atoms with Crippen molar-refractivity contribution >= 4 is 5.69 Å². The van der Waals surface area contributed by atoms with Crippen molar-refractivity contribution in [2.75, 3.05) is 38.2 Å². The van der Waals surface area contributed by atoms with Crippen LogP contribution in [0.1, 0.15) is 24.1 Å². The summed E-state index contributed by atoms with van der Waals surface area (Å²) in [6.07, 6.45) is 6.27. The number of rotatable bonds is 3. The van der Waals surface area contributed by atoms with E-state index in [0.717, 1.165) is 62.3 Å². The van der Waals surface area contributed by atoms with Gasteiger partial charge in [0, 0.05) is 74.3 Å². The quantitative estimate of drug-likeness (QED) is 0.932. The maximum Gasteiger partial charge on any atom is 0.0723 e. The van der Waals surface area contributed by atoms with E-state index in [1.54, 1.807) is 0 Å². The highest BCUT2D eigenvalue weighted by Gasteiger charge is 2.20. The molecule has 25 heavy (non-hydrogen) atoms. The summed E-state index contributed by atoms with van der Waals surface area (Å²) >= 11 is 0. The molecule has 1 fully saturated rings. The zero-order valence-corrected chi connectivity index (χ0v) is 14.9. The van der Waals surface area contributed by atoms with Crippen LogP contribution in [0.3, 0.4) is 0 Å². The Bertz CT molecular complexity index is 727. The minimum Gasteiger partial charge on any atom is -0.383 e. The highest BCUT2D eigenvalue weighted by Crippen LogP contribution is 2.27. The molecule has 0 bridgehead atoms. The first-order valence-corrected chi connectivity index (χ1v) is 9.24. The number of anilines is 1. The minimum absolute atomic E-state index is 0.766. The Balaban J connectivity index is 1.50. The number of pyridine rings is 2. The fourth-order valence-corrected chi connectivity index (χ4v) is 3.76. The topological polar surface area (TPSA) is 50.3 Å². The van der Waals surface area contributed by atoms with Gasteiger partial charge in [-0.15, -0.1) is 0 Å². The lowest BCUT2D eigenvalue weighted by molar-refractivity contribution is 0.0522. The maximum absolute atomic E-state index is 5.49. The first-order valence-electron chi connectivity index (χ1n) is 9.24. The van der Waals surface area contributed by atoms with Gasteiger partial charge >= 0.3 is 0 Å². The molecule has 0 aromatic carbocycles. The largest absolute Gasteiger partial charge is 0.383 e. The molecule has 1 N–H and O–H groups in total. The molecule has 0 unspecified atom stereocenters. The van der Waals surface area contributed by atoms with Gasteiger partial charge in [-0.3, -0.25) is 14.9 Å². The zero-order valence-electron chi connectivity index (χ0n) is 14.9. The SMILES string of the molecule is Cc1cc(-c2cc3c(cn2)CN(CC2CCOCC2)CCN3)ccn1. The summed E-state index contributed by atoms with van der Waals surface area (Å²) in [5, 5.41) is 3.60. The van der Waals surface area contributed by atoms with E-state index in [4.69, 9.17) is 9.72 Å². The molecule has 2 aliphatic rings. The highest BCUT2D eigenvalue weighted by molar-refractivity contribution is 5.66. The summed E-state index contributed by atoms with van der Waals surface area (Å²) in [6.45, 7) is 8.05. The van der Waals surface area contributed by atoms with Crippen molar-refractivity contribution in [3.8, 4) is 11.3 Å². The van der Waals surface area contributed by atoms with E-state index in [2.05, 4.69) is 27.3 Å². The predicted molar refractivity (Wildman–Crippen MR) is 99.5 cm³/mol. The first-order chi connectivity index (χ1) is 12.3. The van der Waals surface area contributed by atoms with Crippen molar-refractivity contribution in [1.82, 2.24) is 14.9 Å². The molecule has 0 saturated carbocycles. The molecule has 2 aliphatic heterocycles. The van der Waals surface area contributed by atoms with Crippen molar-refractivity contribution in [3.05, 3.63) is 41.9 Å². The number of nitrogens with zero attached hydrogens (tertiary/aromatic N) is 3. The lowest BCUT2D eigenvalue weighted by atomic mass is 9.99. The van der Waals surface area contributed by atoms with Crippen molar-refractivity contribution in [2.24, 2.45) is 5.92 Å². The van der Waals surface area contributed by atoms with Gasteiger partial charge in [0.15, 0.2) is 0 Å². The molecular formula is C20H26N4O. The maximum atomic E-state index is 5.49. The molecule has 0 atom stereocenters. The Morgan fingerprint density at radius 3 is 2.96 bits per heavy atom. The van der Waals surface area contributed by atoms with E-state index in [9.17, 15) is 0 Å². The van der Waals surface area contributed by atoms with E-state index in [1.807, 2.05) is 25.4 Å². The highest BCUT2D eigenvalue weighted by atomic mass is 16.5. The molecule has 0 spiro atoms. The average Bonchev–Trinajstić information content (AvgIpc) is 2.83. The Morgan fingerprint density at radius 2 is 2.12 bits per heavy atom. The molecule has 4 rings (SSSR count). The Hall–Kier alpha value is -1.98. The lowest BCUT2D eigenvalue weighted by Crippen LogP contribution is -2.33. The van der Waals surface area contributed by atoms with Crippen LogP contribution in [0.4, 0.5) is 5.69 Å². The summed E-state index contributed by atoms with van der Waals surface area (Å²) in [7, 11) is 0. The molecule has 5 nitrogen and oxygen atoms in total. The Morgan fingerprint density at radius 1 is 1.24 bits per heavy atom. The molecule has 0 amide bonds. The first kappa shape index (κ1) is 16.5. The second-order valence-electron chi connectivity index (χ2n) is 7.13. The fourth-order valence-electron chi connectivity index (χ4n) is 3.76. The number of hydrogen-bond acceptors (Lipinski definition) is 5. The molecular weight excluding hydrogens is 312 g/mol. The fraction of sp³-hybridized carbons (Fsp3) is 0.500. The molecule has 1 saturated heterocycles. The average molecular weight is 338 g/mol. The van der Waals surface area contributed by atoms with Gasteiger partial charge in [-0.25, -0.2) is 0 Å². The molecule has 0 radical (unpaired) electrons. The van der Waals surface area contributed by atoms with Crippen LogP contribution < -0.4 is 5.32 Å². The van der Waals surface area contributed by atoms with Crippen LogP contribution in [-0.4, -0.2) is 47.7 Å². The van der Waals surface area contributed by atoms with Crippen LogP contribution in [0, 0.1) is 12.8 Å². The third-order valence-electron chi connectivity index (χ3n) is 5.17. The Kier molecular flexibility index (Phi) is 4.95. The van der Waals surface area contributed by atoms with Gasteiger partial charge in [0.2, 0.25) is 0 Å². The third kappa shape index (κ3) is 3.99. The molecule has 2 aromatic heterocycles. The smallest absolute Gasteiger partial charge is 0.0723 e. The van der Waals surface area contributed by atoms with Gasteiger partial charge in [0.1, 0.15) is 0 Å². The van der Waals surface area contributed by atoms with Gasteiger partial charge in [0.25, 0.3) is 0 Å². The van der Waals surface area contributed by atoms with Gasteiger partial charge in [-0.05, 0) is 43.9 Å². The second kappa shape index (κ2) is 7.50. The van der Waals surface area contributed by atoms with Crippen LogP contribution in [-0.2, 0) is 11.3 Å². The standard InChI is InChI=1S/C20H26N4O/c1-15-10-17(2-5-21-15)19-11-20-18(12-23-19)14-24(7-6-22-20)13-16-3-8-25-9-4-16/h2,5,10-12,16,22H,3-4,6-9,13-14H2,1H3. The molecule has 4 heterocycles. The van der Waals surface area contributed by atoms with Gasteiger partial charge in [0.05, 0.1) is 5.69 Å². The predicted octanol–water partition coefficient (Wildman–Crippen LogP) is 3.11. The van der Waals surface area contributed by atoms with Crippen molar-refractivity contribution < 1.29 is 4.74 Å². The van der Waals surface area contributed by atoms with E-state index in [0.29, 0.717) is 0 Å². The van der Waals surface area contributed by atoms with Crippen LogP contribution in [0.5, 0.6) is 0 Å². The summed E-state index contributed by atoms with van der Waals surface area (Å²) in [5.74, 6) is 0.766. The van der Waals surface area contributed by atoms with E-state index < -0.39 is 0 Å². The van der Waals surface area contributed by atoms with Crippen molar-refractivity contribution in [3.63, 3.8) is 0 Å². The van der Waals surface area contributed by atoms with Gasteiger partial charge in [-0.2, -0.15) is 0 Å². The monoisotopic (exact) mass is 338 g/mol. The summed E-state index contributed by atoms with van der Waals surface area (Å²) in [5.41, 5.74) is 5.66. The third-order valence-corrected chi connectivity index (χ3v) is 5.17. The van der Waals surface area contributed by atoms with Crippen LogP contribution in [0.25, 0.3) is 11.3 Å². The molecule has 5 heteroatoms.